The Morgan fingerprint density at radius 2 is 2.23 bits per heavy atom. The first kappa shape index (κ1) is 8.44. The smallest absolute Gasteiger partial charge is 0.203 e. The number of rotatable bonds is 1. The van der Waals surface area contributed by atoms with Crippen LogP contribution < -0.4 is 0 Å². The largest absolute Gasteiger partial charge is 0.494 e. The molecule has 1 aromatic heterocycles. The predicted octanol–water partition coefficient (Wildman–Crippen LogP) is 2.73. The monoisotopic (exact) mass is 197 g/mol. The number of hydrogen-bond acceptors (Lipinski definition) is 2. The van der Waals surface area contributed by atoms with Crippen LogP contribution in [0.25, 0.3) is 10.9 Å². The third kappa shape index (κ3) is 1.18. The summed E-state index contributed by atoms with van der Waals surface area (Å²) in [5.74, 6) is -0.305. The Kier molecular flexibility index (Phi) is 1.92. The Morgan fingerprint density at radius 1 is 1.46 bits per heavy atom. The molecule has 1 aromatic carbocycles. The minimum Gasteiger partial charge on any atom is -0.494 e. The van der Waals surface area contributed by atoms with Crippen molar-refractivity contribution >= 4 is 22.7 Å². The highest BCUT2D eigenvalue weighted by molar-refractivity contribution is 7.99. The molecule has 0 saturated carbocycles. The van der Waals surface area contributed by atoms with Crippen LogP contribution in [0.5, 0.6) is 5.88 Å². The second kappa shape index (κ2) is 2.96. The molecule has 2 aromatic rings. The molecule has 2 N–H and O–H groups in total. The number of nitrogens with one attached hydrogen (secondary N) is 1. The molecule has 0 amide bonds. The fraction of sp³-hybridized carbons (Fsp3) is 0.111. The summed E-state index contributed by atoms with van der Waals surface area (Å²) in [6.07, 6.45) is 1.84. The highest BCUT2D eigenvalue weighted by Gasteiger charge is 2.11. The van der Waals surface area contributed by atoms with Gasteiger partial charge in [-0.05, 0) is 12.3 Å². The van der Waals surface area contributed by atoms with Gasteiger partial charge in [-0.3, -0.25) is 0 Å². The van der Waals surface area contributed by atoms with Crippen LogP contribution in [-0.2, 0) is 0 Å². The van der Waals surface area contributed by atoms with Crippen molar-refractivity contribution in [2.24, 2.45) is 0 Å². The molecule has 0 atom stereocenters. The molecule has 13 heavy (non-hydrogen) atoms. The molecular formula is C9H8FNOS. The quantitative estimate of drug-likeness (QED) is 0.689. The van der Waals surface area contributed by atoms with Crippen LogP contribution in [-0.4, -0.2) is 16.3 Å². The maximum atomic E-state index is 13.2. The van der Waals surface area contributed by atoms with Gasteiger partial charge in [0.2, 0.25) is 5.88 Å². The second-order valence-electron chi connectivity index (χ2n) is 2.67. The first-order valence-electron chi connectivity index (χ1n) is 3.77. The highest BCUT2D eigenvalue weighted by Crippen LogP contribution is 2.35. The van der Waals surface area contributed by atoms with Gasteiger partial charge in [0.1, 0.15) is 5.82 Å². The van der Waals surface area contributed by atoms with Gasteiger partial charge in [0, 0.05) is 5.39 Å². The minimum atomic E-state index is -0.340. The topological polar surface area (TPSA) is 36.0 Å². The van der Waals surface area contributed by atoms with E-state index >= 15 is 0 Å². The van der Waals surface area contributed by atoms with Gasteiger partial charge in [-0.25, -0.2) is 4.39 Å². The summed E-state index contributed by atoms with van der Waals surface area (Å²) in [4.78, 5) is 3.30. The number of aromatic amines is 1. The molecule has 1 heterocycles. The lowest BCUT2D eigenvalue weighted by molar-refractivity contribution is 0.446. The molecule has 0 aliphatic carbocycles. The third-order valence-electron chi connectivity index (χ3n) is 1.92. The van der Waals surface area contributed by atoms with E-state index in [9.17, 15) is 9.50 Å². The average Bonchev–Trinajstić information content (AvgIpc) is 2.43. The Labute approximate surface area is 78.8 Å². The number of H-pyrrole nitrogens is 1. The Hall–Kier alpha value is -1.16. The first-order valence-corrected chi connectivity index (χ1v) is 4.99. The second-order valence-corrected chi connectivity index (χ2v) is 3.49. The number of aromatic hydroxyl groups is 1. The molecule has 2 nitrogen and oxygen atoms in total. The Balaban J connectivity index is 2.86. The van der Waals surface area contributed by atoms with Crippen molar-refractivity contribution in [3.8, 4) is 5.88 Å². The van der Waals surface area contributed by atoms with Crippen LogP contribution in [0.2, 0.25) is 0 Å². The van der Waals surface area contributed by atoms with Gasteiger partial charge in [0.25, 0.3) is 0 Å². The van der Waals surface area contributed by atoms with E-state index in [1.807, 2.05) is 6.26 Å². The van der Waals surface area contributed by atoms with Crippen molar-refractivity contribution in [3.05, 3.63) is 24.0 Å². The van der Waals surface area contributed by atoms with Crippen molar-refractivity contribution in [1.82, 2.24) is 4.98 Å². The van der Waals surface area contributed by atoms with Gasteiger partial charge in [-0.2, -0.15) is 0 Å². The van der Waals surface area contributed by atoms with Gasteiger partial charge in [-0.15, -0.1) is 11.8 Å². The lowest BCUT2D eigenvalue weighted by Gasteiger charge is -1.93. The number of halogens is 1. The number of aromatic nitrogens is 1. The molecule has 0 spiro atoms. The van der Waals surface area contributed by atoms with Crippen LogP contribution in [0, 0.1) is 5.82 Å². The summed E-state index contributed by atoms with van der Waals surface area (Å²) in [6.45, 7) is 0. The number of benzene rings is 1. The van der Waals surface area contributed by atoms with E-state index in [1.54, 1.807) is 12.1 Å². The standard InChI is InChI=1S/C9H8FNOS/c1-13-8-5-3-2-4-6(10)7(5)11-9(8)12/h2-4,11-12H,1H3. The maximum Gasteiger partial charge on any atom is 0.203 e. The van der Waals surface area contributed by atoms with E-state index in [2.05, 4.69) is 4.98 Å². The fourth-order valence-corrected chi connectivity index (χ4v) is 1.98. The summed E-state index contributed by atoms with van der Waals surface area (Å²) in [6, 6.07) is 4.77. The first-order chi connectivity index (χ1) is 6.24. The predicted molar refractivity (Wildman–Crippen MR) is 51.7 cm³/mol. The molecule has 0 aliphatic heterocycles. The Morgan fingerprint density at radius 3 is 2.92 bits per heavy atom. The molecular weight excluding hydrogens is 189 g/mol. The SMILES string of the molecule is CSc1c(O)[nH]c2c(F)cccc12. The van der Waals surface area contributed by atoms with Crippen LogP contribution in [0.15, 0.2) is 23.1 Å². The lowest BCUT2D eigenvalue weighted by Crippen LogP contribution is -1.75. The summed E-state index contributed by atoms with van der Waals surface area (Å²) in [5.41, 5.74) is 0.365. The molecule has 0 bridgehead atoms. The summed E-state index contributed by atoms with van der Waals surface area (Å²) in [5, 5.41) is 10.1. The van der Waals surface area contributed by atoms with Crippen LogP contribution in [0.3, 0.4) is 0 Å². The molecule has 0 fully saturated rings. The minimum absolute atomic E-state index is 0.0348. The molecule has 0 aliphatic rings. The van der Waals surface area contributed by atoms with E-state index in [-0.39, 0.29) is 11.7 Å². The molecule has 4 heteroatoms. The van der Waals surface area contributed by atoms with Crippen molar-refractivity contribution in [2.45, 2.75) is 4.90 Å². The van der Waals surface area contributed by atoms with Crippen LogP contribution >= 0.6 is 11.8 Å². The molecule has 0 unspecified atom stereocenters. The van der Waals surface area contributed by atoms with Gasteiger partial charge in [0.05, 0.1) is 10.4 Å². The third-order valence-corrected chi connectivity index (χ3v) is 2.74. The van der Waals surface area contributed by atoms with Crippen molar-refractivity contribution < 1.29 is 9.50 Å². The maximum absolute atomic E-state index is 13.2. The number of thioether (sulfide) groups is 1. The zero-order valence-electron chi connectivity index (χ0n) is 6.97. The summed E-state index contributed by atoms with van der Waals surface area (Å²) >= 11 is 1.39. The van der Waals surface area contributed by atoms with Gasteiger partial charge in [0.15, 0.2) is 0 Å². The van der Waals surface area contributed by atoms with E-state index in [4.69, 9.17) is 0 Å². The molecule has 68 valence electrons. The van der Waals surface area contributed by atoms with Crippen LogP contribution in [0.4, 0.5) is 4.39 Å². The normalized spacial score (nSPS) is 10.9. The zero-order chi connectivity index (χ0) is 9.42. The van der Waals surface area contributed by atoms with E-state index < -0.39 is 0 Å². The van der Waals surface area contributed by atoms with Crippen molar-refractivity contribution in [3.63, 3.8) is 0 Å². The van der Waals surface area contributed by atoms with Gasteiger partial charge < -0.3 is 10.1 Å². The van der Waals surface area contributed by atoms with E-state index in [0.717, 1.165) is 5.39 Å². The highest BCUT2D eigenvalue weighted by atomic mass is 32.2. The average molecular weight is 197 g/mol. The molecule has 2 rings (SSSR count). The number of para-hydroxylation sites is 1. The van der Waals surface area contributed by atoms with Crippen LogP contribution in [0.1, 0.15) is 0 Å². The van der Waals surface area contributed by atoms with Gasteiger partial charge >= 0.3 is 0 Å². The lowest BCUT2D eigenvalue weighted by atomic mass is 10.2. The number of hydrogen-bond donors (Lipinski definition) is 2. The summed E-state index contributed by atoms with van der Waals surface area (Å²) < 4.78 is 13.2. The van der Waals surface area contributed by atoms with Gasteiger partial charge in [-0.1, -0.05) is 12.1 Å². The zero-order valence-corrected chi connectivity index (χ0v) is 7.78. The summed E-state index contributed by atoms with van der Waals surface area (Å²) in [7, 11) is 0. The Bertz CT molecular complexity index is 452. The van der Waals surface area contributed by atoms with E-state index in [0.29, 0.717) is 10.4 Å². The van der Waals surface area contributed by atoms with E-state index in [1.165, 1.54) is 17.8 Å². The molecule has 0 radical (unpaired) electrons. The van der Waals surface area contributed by atoms with Crippen molar-refractivity contribution in [2.75, 3.05) is 6.26 Å². The van der Waals surface area contributed by atoms with Crippen molar-refractivity contribution in [1.29, 1.82) is 0 Å². The number of fused-ring (bicyclic) bond motifs is 1. The fourth-order valence-electron chi connectivity index (χ4n) is 1.35. The molecule has 0 saturated heterocycles.